The van der Waals surface area contributed by atoms with Crippen molar-refractivity contribution in [1.29, 1.82) is 0 Å². The first-order chi connectivity index (χ1) is 18.0. The molecule has 0 radical (unpaired) electrons. The molecule has 1 aliphatic rings. The van der Waals surface area contributed by atoms with Gasteiger partial charge in [-0.15, -0.1) is 0 Å². The summed E-state index contributed by atoms with van der Waals surface area (Å²) >= 11 is 0. The zero-order chi connectivity index (χ0) is 29.6. The second-order valence-corrected chi connectivity index (χ2v) is 12.6. The van der Waals surface area contributed by atoms with Crippen molar-refractivity contribution in [2.24, 2.45) is 16.7 Å². The molecule has 39 heavy (non-hydrogen) atoms. The number of nitrogens with one attached hydrogen (secondary N) is 1. The highest BCUT2D eigenvalue weighted by molar-refractivity contribution is 5.83. The fourth-order valence-electron chi connectivity index (χ4n) is 4.01. The van der Waals surface area contributed by atoms with Gasteiger partial charge < -0.3 is 19.3 Å². The zero-order valence-electron chi connectivity index (χ0n) is 24.6. The third kappa shape index (κ3) is 9.05. The first kappa shape index (κ1) is 32.3. The summed E-state index contributed by atoms with van der Waals surface area (Å²) < 4.78 is 17.0. The summed E-state index contributed by atoms with van der Waals surface area (Å²) in [6.07, 6.45) is 4.54. The fourth-order valence-corrected chi connectivity index (χ4v) is 4.01. The van der Waals surface area contributed by atoms with Crippen molar-refractivity contribution in [3.63, 3.8) is 0 Å². The van der Waals surface area contributed by atoms with E-state index in [-0.39, 0.29) is 29.9 Å². The van der Waals surface area contributed by atoms with Gasteiger partial charge in [0, 0.05) is 12.5 Å². The van der Waals surface area contributed by atoms with E-state index in [1.165, 1.54) is 12.1 Å². The Morgan fingerprint density at radius 1 is 0.923 bits per heavy atom. The summed E-state index contributed by atoms with van der Waals surface area (Å²) in [6.45, 7) is 13.9. The van der Waals surface area contributed by atoms with Crippen LogP contribution in [0.2, 0.25) is 0 Å². The number of hydrogen-bond donors (Lipinski definition) is 2. The Labute approximate surface area is 232 Å². The van der Waals surface area contributed by atoms with Crippen molar-refractivity contribution in [3.05, 3.63) is 23.8 Å². The van der Waals surface area contributed by atoms with E-state index in [0.717, 1.165) is 19.3 Å². The Morgan fingerprint density at radius 2 is 1.46 bits per heavy atom. The lowest BCUT2D eigenvalue weighted by molar-refractivity contribution is -0.188. The summed E-state index contributed by atoms with van der Waals surface area (Å²) in [4.78, 5) is 51.2. The van der Waals surface area contributed by atoms with Gasteiger partial charge >= 0.3 is 23.9 Å². The number of carboxylic acids is 1. The van der Waals surface area contributed by atoms with E-state index in [1.807, 2.05) is 13.8 Å². The summed E-state index contributed by atoms with van der Waals surface area (Å²) in [5.74, 6) is -3.29. The zero-order valence-corrected chi connectivity index (χ0v) is 24.6. The number of carbonyl (C=O) groups excluding carboxylic acids is 3. The standard InChI is InChI=1S/C30H45NO8/c1-9-19(2)31-30(25(33)34,39-24(32)21-13-11-10-12-14-21)18-20-15-16-22(37-26(35)28(3,4)5)23(17-20)38-27(36)29(6,7)8/h15-17,19,21,31H,9-14,18H2,1-8H3,(H,33,34)/t19?,30-/m0/s1. The molecule has 1 fully saturated rings. The van der Waals surface area contributed by atoms with Crippen LogP contribution >= 0.6 is 0 Å². The van der Waals surface area contributed by atoms with Crippen LogP contribution in [0.1, 0.15) is 99.5 Å². The third-order valence-corrected chi connectivity index (χ3v) is 6.74. The van der Waals surface area contributed by atoms with Gasteiger partial charge in [-0.05, 0) is 85.4 Å². The van der Waals surface area contributed by atoms with Crippen molar-refractivity contribution >= 4 is 23.9 Å². The molecule has 0 spiro atoms. The van der Waals surface area contributed by atoms with Gasteiger partial charge in [0.2, 0.25) is 0 Å². The van der Waals surface area contributed by atoms with Gasteiger partial charge in [0.05, 0.1) is 16.7 Å². The van der Waals surface area contributed by atoms with Crippen molar-refractivity contribution < 1.29 is 38.5 Å². The molecule has 2 rings (SSSR count). The molecule has 1 aromatic carbocycles. The van der Waals surface area contributed by atoms with E-state index in [1.54, 1.807) is 47.6 Å². The number of carboxylic acid groups (broad SMARTS) is 1. The van der Waals surface area contributed by atoms with Crippen LogP contribution in [0.4, 0.5) is 0 Å². The number of aliphatic carboxylic acids is 1. The molecule has 0 heterocycles. The predicted molar refractivity (Wildman–Crippen MR) is 146 cm³/mol. The minimum Gasteiger partial charge on any atom is -0.477 e. The SMILES string of the molecule is CCC(C)N[C@@](Cc1ccc(OC(=O)C(C)(C)C)c(OC(=O)C(C)(C)C)c1)(OC(=O)C1CCCCC1)C(=O)O. The molecule has 0 amide bonds. The van der Waals surface area contributed by atoms with Gasteiger partial charge in [-0.25, -0.2) is 4.79 Å². The van der Waals surface area contributed by atoms with Gasteiger partial charge in [0.25, 0.3) is 5.72 Å². The van der Waals surface area contributed by atoms with Gasteiger partial charge in [-0.1, -0.05) is 32.3 Å². The van der Waals surface area contributed by atoms with Crippen LogP contribution in [0.3, 0.4) is 0 Å². The highest BCUT2D eigenvalue weighted by Gasteiger charge is 2.45. The van der Waals surface area contributed by atoms with E-state index >= 15 is 0 Å². The number of hydrogen-bond acceptors (Lipinski definition) is 8. The molecule has 1 aliphatic carbocycles. The summed E-state index contributed by atoms with van der Waals surface area (Å²) in [5.41, 5.74) is -3.29. The minimum atomic E-state index is -2.04. The van der Waals surface area contributed by atoms with Crippen molar-refractivity contribution in [3.8, 4) is 11.5 Å². The van der Waals surface area contributed by atoms with E-state index in [2.05, 4.69) is 5.32 Å². The summed E-state index contributed by atoms with van der Waals surface area (Å²) in [5, 5.41) is 13.4. The lowest BCUT2D eigenvalue weighted by Gasteiger charge is -2.35. The molecular formula is C30H45NO8. The Bertz CT molecular complexity index is 1050. The highest BCUT2D eigenvalue weighted by Crippen LogP contribution is 2.34. The molecule has 0 aromatic heterocycles. The van der Waals surface area contributed by atoms with E-state index < -0.39 is 40.4 Å². The van der Waals surface area contributed by atoms with Crippen LogP contribution in [0.15, 0.2) is 18.2 Å². The summed E-state index contributed by atoms with van der Waals surface area (Å²) in [6, 6.07) is 4.22. The molecule has 1 unspecified atom stereocenters. The smallest absolute Gasteiger partial charge is 0.364 e. The van der Waals surface area contributed by atoms with Gasteiger partial charge in [0.15, 0.2) is 11.5 Å². The molecule has 2 N–H and O–H groups in total. The lowest BCUT2D eigenvalue weighted by atomic mass is 9.89. The van der Waals surface area contributed by atoms with Crippen LogP contribution in [0, 0.1) is 16.7 Å². The Morgan fingerprint density at radius 3 is 1.95 bits per heavy atom. The van der Waals surface area contributed by atoms with Crippen LogP contribution in [0.25, 0.3) is 0 Å². The number of ether oxygens (including phenoxy) is 3. The molecule has 0 aliphatic heterocycles. The maximum atomic E-state index is 13.1. The predicted octanol–water partition coefficient (Wildman–Crippen LogP) is 5.42. The van der Waals surface area contributed by atoms with Crippen LogP contribution in [0.5, 0.6) is 11.5 Å². The average Bonchev–Trinajstić information content (AvgIpc) is 2.84. The van der Waals surface area contributed by atoms with Gasteiger partial charge in [-0.2, -0.15) is 0 Å². The third-order valence-electron chi connectivity index (χ3n) is 6.74. The molecule has 1 saturated carbocycles. The van der Waals surface area contributed by atoms with E-state index in [4.69, 9.17) is 14.2 Å². The quantitative estimate of drug-likeness (QED) is 0.224. The molecule has 1 aromatic rings. The maximum Gasteiger partial charge on any atom is 0.364 e. The minimum absolute atomic E-state index is 0.0218. The number of carbonyl (C=O) groups is 4. The number of esters is 3. The van der Waals surface area contributed by atoms with Crippen LogP contribution < -0.4 is 14.8 Å². The Kier molecular flexibility index (Phi) is 10.7. The average molecular weight is 548 g/mol. The number of benzene rings is 1. The molecule has 9 heteroatoms. The molecule has 0 saturated heterocycles. The first-order valence-corrected chi connectivity index (χ1v) is 13.8. The van der Waals surface area contributed by atoms with E-state index in [9.17, 15) is 24.3 Å². The second-order valence-electron chi connectivity index (χ2n) is 12.6. The van der Waals surface area contributed by atoms with Crippen LogP contribution in [-0.2, 0) is 30.3 Å². The van der Waals surface area contributed by atoms with Crippen molar-refractivity contribution in [2.45, 2.75) is 112 Å². The van der Waals surface area contributed by atoms with Gasteiger partial charge in [0.1, 0.15) is 0 Å². The highest BCUT2D eigenvalue weighted by atomic mass is 16.6. The second kappa shape index (κ2) is 12.9. The van der Waals surface area contributed by atoms with Crippen molar-refractivity contribution in [1.82, 2.24) is 5.32 Å². The molecule has 9 nitrogen and oxygen atoms in total. The van der Waals surface area contributed by atoms with Crippen molar-refractivity contribution in [2.75, 3.05) is 0 Å². The largest absolute Gasteiger partial charge is 0.477 e. The Balaban J connectivity index is 2.51. The molecule has 0 bridgehead atoms. The summed E-state index contributed by atoms with van der Waals surface area (Å²) in [7, 11) is 0. The Hall–Kier alpha value is -2.94. The fraction of sp³-hybridized carbons (Fsp3) is 0.667. The molecule has 2 atom stereocenters. The molecule has 218 valence electrons. The first-order valence-electron chi connectivity index (χ1n) is 13.8. The maximum absolute atomic E-state index is 13.1. The lowest BCUT2D eigenvalue weighted by Crippen LogP contribution is -2.60. The normalized spacial score (nSPS) is 17.0. The van der Waals surface area contributed by atoms with Crippen LogP contribution in [-0.4, -0.2) is 40.8 Å². The topological polar surface area (TPSA) is 128 Å². The monoisotopic (exact) mass is 547 g/mol. The van der Waals surface area contributed by atoms with E-state index in [0.29, 0.717) is 24.8 Å². The number of rotatable bonds is 10. The van der Waals surface area contributed by atoms with Gasteiger partial charge in [-0.3, -0.25) is 19.7 Å². The molecular weight excluding hydrogens is 502 g/mol.